The van der Waals surface area contributed by atoms with Crippen molar-refractivity contribution >= 4 is 0 Å². The smallest absolute Gasteiger partial charge is 0.0278 e. The quantitative estimate of drug-likeness (QED) is 0.602. The Balaban J connectivity index is 1.35. The fraction of sp³-hybridized carbons (Fsp3) is 0.923. The fourth-order valence-electron chi connectivity index (χ4n) is 7.52. The Labute approximate surface area is 180 Å². The lowest BCUT2D eigenvalue weighted by Gasteiger charge is -2.49. The second-order valence-corrected chi connectivity index (χ2v) is 11.2. The first-order valence-electron chi connectivity index (χ1n) is 12.8. The third-order valence-electron chi connectivity index (χ3n) is 9.31. The third-order valence-corrected chi connectivity index (χ3v) is 9.31. The number of nitrogens with zero attached hydrogens (tertiary/aromatic N) is 3. The van der Waals surface area contributed by atoms with Gasteiger partial charge in [0, 0.05) is 36.3 Å². The van der Waals surface area contributed by atoms with E-state index in [-0.39, 0.29) is 0 Å². The first-order valence-corrected chi connectivity index (χ1v) is 12.8. The summed E-state index contributed by atoms with van der Waals surface area (Å²) in [5.74, 6) is 1.67. The van der Waals surface area contributed by atoms with Crippen LogP contribution >= 0.6 is 0 Å². The van der Waals surface area contributed by atoms with E-state index in [1.165, 1.54) is 70.6 Å². The van der Waals surface area contributed by atoms with Crippen LogP contribution in [-0.4, -0.2) is 72.1 Å². The molecule has 0 amide bonds. The van der Waals surface area contributed by atoms with Gasteiger partial charge in [-0.3, -0.25) is 9.80 Å². The van der Waals surface area contributed by atoms with Gasteiger partial charge in [0.2, 0.25) is 0 Å². The van der Waals surface area contributed by atoms with Gasteiger partial charge in [0.05, 0.1) is 0 Å². The minimum atomic E-state index is 0.665. The molecule has 4 fully saturated rings. The topological polar surface area (TPSA) is 9.72 Å². The first kappa shape index (κ1) is 21.8. The second kappa shape index (κ2) is 9.40. The van der Waals surface area contributed by atoms with Gasteiger partial charge in [0.25, 0.3) is 0 Å². The van der Waals surface area contributed by atoms with Crippen molar-refractivity contribution in [2.24, 2.45) is 11.8 Å². The van der Waals surface area contributed by atoms with Crippen LogP contribution in [0.25, 0.3) is 0 Å². The van der Waals surface area contributed by atoms with E-state index in [2.05, 4.69) is 61.8 Å². The fourth-order valence-corrected chi connectivity index (χ4v) is 7.52. The summed E-state index contributed by atoms with van der Waals surface area (Å²) in [6.45, 7) is 5.00. The van der Waals surface area contributed by atoms with Gasteiger partial charge in [-0.15, -0.1) is 0 Å². The monoisotopic (exact) mass is 401 g/mol. The number of fused-ring (bicyclic) bond motifs is 1. The molecule has 2 aliphatic carbocycles. The summed E-state index contributed by atoms with van der Waals surface area (Å²) < 4.78 is 0. The second-order valence-electron chi connectivity index (χ2n) is 11.2. The minimum absolute atomic E-state index is 0.665. The van der Waals surface area contributed by atoms with Crippen LogP contribution in [0.3, 0.4) is 0 Å². The molecule has 3 nitrogen and oxygen atoms in total. The Bertz CT molecular complexity index is 552. The Hall–Kier alpha value is -0.380. The molecule has 0 spiro atoms. The van der Waals surface area contributed by atoms with Crippen molar-refractivity contribution in [1.82, 2.24) is 14.7 Å². The molecule has 2 saturated heterocycles. The maximum Gasteiger partial charge on any atom is 0.0278 e. The van der Waals surface area contributed by atoms with Gasteiger partial charge in [-0.2, -0.15) is 0 Å². The maximum absolute atomic E-state index is 2.90. The van der Waals surface area contributed by atoms with Gasteiger partial charge in [0.1, 0.15) is 0 Å². The normalized spacial score (nSPS) is 43.3. The number of rotatable bonds is 4. The molecule has 0 radical (unpaired) electrons. The van der Waals surface area contributed by atoms with Crippen molar-refractivity contribution in [3.63, 3.8) is 0 Å². The highest BCUT2D eigenvalue weighted by atomic mass is 15.2. The van der Waals surface area contributed by atoms with Crippen LogP contribution in [0.15, 0.2) is 12.2 Å². The van der Waals surface area contributed by atoms with E-state index in [0.29, 0.717) is 6.04 Å². The van der Waals surface area contributed by atoms with Crippen LogP contribution in [0.5, 0.6) is 0 Å². The maximum atomic E-state index is 2.90. The van der Waals surface area contributed by atoms with Crippen LogP contribution in [0.1, 0.15) is 84.5 Å². The predicted octanol–water partition coefficient (Wildman–Crippen LogP) is 5.17. The molecule has 4 rings (SSSR count). The molecule has 2 saturated carbocycles. The summed E-state index contributed by atoms with van der Waals surface area (Å²) in [6.07, 6.45) is 20.8. The average Bonchev–Trinajstić information content (AvgIpc) is 3.01. The molecular weight excluding hydrogens is 354 g/mol. The summed E-state index contributed by atoms with van der Waals surface area (Å²) >= 11 is 0. The first-order chi connectivity index (χ1) is 14.0. The Kier molecular flexibility index (Phi) is 7.08. The summed E-state index contributed by atoms with van der Waals surface area (Å²) in [4.78, 5) is 8.11. The van der Waals surface area contributed by atoms with Crippen molar-refractivity contribution < 1.29 is 0 Å². The number of hydrogen-bond donors (Lipinski definition) is 0. The molecule has 7 atom stereocenters. The lowest BCUT2D eigenvalue weighted by atomic mass is 9.74. The van der Waals surface area contributed by atoms with Crippen LogP contribution in [0.4, 0.5) is 0 Å². The lowest BCUT2D eigenvalue weighted by molar-refractivity contribution is 0.0278. The molecular formula is C26H47N3. The molecule has 3 heteroatoms. The number of piperidine rings is 1. The summed E-state index contributed by atoms with van der Waals surface area (Å²) in [7, 11) is 6.95. The molecule has 7 unspecified atom stereocenters. The SMILES string of the molecule is CC1CC(/C=C/C2CCC3CC(N(C)C)CCC3N2C)C(C)N1C1CCCCC1. The van der Waals surface area contributed by atoms with Crippen LogP contribution in [0, 0.1) is 11.8 Å². The molecule has 2 heterocycles. The van der Waals surface area contributed by atoms with Crippen LogP contribution in [-0.2, 0) is 0 Å². The van der Waals surface area contributed by atoms with Crippen molar-refractivity contribution in [1.29, 1.82) is 0 Å². The Morgan fingerprint density at radius 3 is 2.31 bits per heavy atom. The van der Waals surface area contributed by atoms with Crippen molar-refractivity contribution in [2.75, 3.05) is 21.1 Å². The Morgan fingerprint density at radius 2 is 1.59 bits per heavy atom. The standard InChI is InChI=1S/C26H47N3/c1-19-17-21(20(2)29(19)24-9-7-6-8-10-24)11-13-23-14-12-22-18-25(27(3)4)15-16-26(22)28(23)5/h11,13,19-26H,6-10,12,14-18H2,1-5H3/b13-11+. The largest absolute Gasteiger partial charge is 0.306 e. The lowest BCUT2D eigenvalue weighted by Crippen LogP contribution is -2.52. The summed E-state index contributed by atoms with van der Waals surface area (Å²) in [5, 5.41) is 0. The zero-order chi connectivity index (χ0) is 20.5. The van der Waals surface area contributed by atoms with Crippen LogP contribution < -0.4 is 0 Å². The molecule has 29 heavy (non-hydrogen) atoms. The third kappa shape index (κ3) is 4.62. The van der Waals surface area contributed by atoms with Crippen molar-refractivity contribution in [3.05, 3.63) is 12.2 Å². The number of likely N-dealkylation sites (tertiary alicyclic amines) is 2. The summed E-state index contributed by atoms with van der Waals surface area (Å²) in [6, 6.07) is 4.63. The molecule has 0 aromatic rings. The zero-order valence-corrected chi connectivity index (χ0v) is 19.9. The minimum Gasteiger partial charge on any atom is -0.306 e. The number of hydrogen-bond acceptors (Lipinski definition) is 3. The van der Waals surface area contributed by atoms with Gasteiger partial charge >= 0.3 is 0 Å². The predicted molar refractivity (Wildman–Crippen MR) is 124 cm³/mol. The van der Waals surface area contributed by atoms with Gasteiger partial charge in [0.15, 0.2) is 0 Å². The van der Waals surface area contributed by atoms with E-state index in [1.807, 2.05) is 0 Å². The molecule has 4 aliphatic rings. The molecule has 0 aromatic carbocycles. The summed E-state index contributed by atoms with van der Waals surface area (Å²) in [5.41, 5.74) is 0. The molecule has 0 bridgehead atoms. The van der Waals surface area contributed by atoms with E-state index >= 15 is 0 Å². The molecule has 0 aromatic heterocycles. The van der Waals surface area contributed by atoms with Gasteiger partial charge in [-0.1, -0.05) is 31.4 Å². The van der Waals surface area contributed by atoms with Crippen molar-refractivity contribution in [2.45, 2.75) is 121 Å². The highest BCUT2D eigenvalue weighted by Gasteiger charge is 2.41. The van der Waals surface area contributed by atoms with Gasteiger partial charge in [-0.05, 0) is 98.2 Å². The number of likely N-dealkylation sites (N-methyl/N-ethyl adjacent to an activating group) is 1. The molecule has 0 N–H and O–H groups in total. The van der Waals surface area contributed by atoms with E-state index in [1.54, 1.807) is 0 Å². The highest BCUT2D eigenvalue weighted by molar-refractivity contribution is 5.08. The Morgan fingerprint density at radius 1 is 0.828 bits per heavy atom. The zero-order valence-electron chi connectivity index (χ0n) is 19.9. The highest BCUT2D eigenvalue weighted by Crippen LogP contribution is 2.40. The van der Waals surface area contributed by atoms with E-state index in [9.17, 15) is 0 Å². The molecule has 2 aliphatic heterocycles. The van der Waals surface area contributed by atoms with Gasteiger partial charge in [-0.25, -0.2) is 0 Å². The molecule has 166 valence electrons. The van der Waals surface area contributed by atoms with Crippen molar-refractivity contribution in [3.8, 4) is 0 Å². The van der Waals surface area contributed by atoms with Crippen LogP contribution in [0.2, 0.25) is 0 Å². The van der Waals surface area contributed by atoms with E-state index in [4.69, 9.17) is 0 Å². The van der Waals surface area contributed by atoms with E-state index in [0.717, 1.165) is 42.0 Å². The van der Waals surface area contributed by atoms with Gasteiger partial charge < -0.3 is 4.90 Å². The van der Waals surface area contributed by atoms with E-state index < -0.39 is 0 Å². The average molecular weight is 402 g/mol.